The zero-order valence-corrected chi connectivity index (χ0v) is 10.4. The van der Waals surface area contributed by atoms with Gasteiger partial charge in [-0.05, 0) is 18.5 Å². The lowest BCUT2D eigenvalue weighted by Crippen LogP contribution is -2.33. The summed E-state index contributed by atoms with van der Waals surface area (Å²) in [7, 11) is 0. The molecule has 1 aliphatic heterocycles. The molecule has 18 heavy (non-hydrogen) atoms. The first-order chi connectivity index (χ1) is 8.63. The Kier molecular flexibility index (Phi) is 2.83. The number of hydrogen-bond acceptors (Lipinski definition) is 7. The fourth-order valence-electron chi connectivity index (χ4n) is 2.13. The maximum absolute atomic E-state index is 9.95. The molecule has 0 spiro atoms. The number of aliphatic hydroxyl groups excluding tert-OH is 3. The van der Waals surface area contributed by atoms with Crippen molar-refractivity contribution in [2.45, 2.75) is 31.5 Å². The van der Waals surface area contributed by atoms with Crippen LogP contribution in [0.5, 0.6) is 0 Å². The molecule has 2 aromatic heterocycles. The molecule has 0 saturated carbocycles. The van der Waals surface area contributed by atoms with Gasteiger partial charge in [-0.1, -0.05) is 0 Å². The van der Waals surface area contributed by atoms with Crippen molar-refractivity contribution in [1.82, 2.24) is 13.9 Å². The largest absolute Gasteiger partial charge is 0.394 e. The second kappa shape index (κ2) is 4.25. The average molecular weight is 271 g/mol. The van der Waals surface area contributed by atoms with Crippen LogP contribution in [0.25, 0.3) is 10.3 Å². The van der Waals surface area contributed by atoms with E-state index in [2.05, 4.69) is 9.36 Å². The second-order valence-electron chi connectivity index (χ2n) is 4.30. The number of aryl methyl sites for hydroxylation is 1. The predicted octanol–water partition coefficient (Wildman–Crippen LogP) is -0.587. The van der Waals surface area contributed by atoms with Crippen molar-refractivity contribution < 1.29 is 20.1 Å². The molecular formula is C10H13N3O4S. The molecule has 0 radical (unpaired) electrons. The van der Waals surface area contributed by atoms with Crippen molar-refractivity contribution >= 4 is 21.9 Å². The summed E-state index contributed by atoms with van der Waals surface area (Å²) in [6.07, 6.45) is -2.18. The van der Waals surface area contributed by atoms with Crippen LogP contribution in [0, 0.1) is 6.92 Å². The number of aliphatic hydroxyl groups is 3. The van der Waals surface area contributed by atoms with Gasteiger partial charge in [-0.25, -0.2) is 4.98 Å². The van der Waals surface area contributed by atoms with Crippen LogP contribution in [-0.4, -0.2) is 54.2 Å². The normalized spacial score (nSPS) is 32.4. The van der Waals surface area contributed by atoms with Gasteiger partial charge in [0.25, 0.3) is 0 Å². The first kappa shape index (κ1) is 12.0. The second-order valence-corrected chi connectivity index (χ2v) is 5.05. The van der Waals surface area contributed by atoms with Crippen LogP contribution < -0.4 is 0 Å². The van der Waals surface area contributed by atoms with E-state index in [1.165, 1.54) is 11.5 Å². The number of aromatic nitrogens is 3. The summed E-state index contributed by atoms with van der Waals surface area (Å²) in [5, 5.41) is 28.7. The first-order valence-electron chi connectivity index (χ1n) is 5.54. The minimum Gasteiger partial charge on any atom is -0.394 e. The predicted molar refractivity (Wildman–Crippen MR) is 63.2 cm³/mol. The Bertz CT molecular complexity index is 568. The molecule has 0 aliphatic carbocycles. The Morgan fingerprint density at radius 3 is 2.89 bits per heavy atom. The highest BCUT2D eigenvalue weighted by Gasteiger charge is 2.43. The summed E-state index contributed by atoms with van der Waals surface area (Å²) in [6, 6.07) is 0. The van der Waals surface area contributed by atoms with Gasteiger partial charge in [0.1, 0.15) is 28.7 Å². The van der Waals surface area contributed by atoms with E-state index < -0.39 is 24.5 Å². The van der Waals surface area contributed by atoms with E-state index in [9.17, 15) is 10.2 Å². The van der Waals surface area contributed by atoms with Crippen LogP contribution >= 0.6 is 11.5 Å². The Hall–Kier alpha value is -1.06. The molecule has 3 N–H and O–H groups in total. The Morgan fingerprint density at radius 1 is 1.44 bits per heavy atom. The fourth-order valence-corrected chi connectivity index (χ4v) is 2.98. The third-order valence-electron chi connectivity index (χ3n) is 3.15. The third kappa shape index (κ3) is 1.57. The van der Waals surface area contributed by atoms with Crippen molar-refractivity contribution in [3.8, 4) is 0 Å². The van der Waals surface area contributed by atoms with Crippen LogP contribution in [0.3, 0.4) is 0 Å². The summed E-state index contributed by atoms with van der Waals surface area (Å²) < 4.78 is 11.3. The number of rotatable bonds is 2. The van der Waals surface area contributed by atoms with E-state index in [1.807, 2.05) is 6.92 Å². The number of nitrogens with zero attached hydrogens (tertiary/aromatic N) is 3. The summed E-state index contributed by atoms with van der Waals surface area (Å²) in [4.78, 5) is 4.99. The molecule has 0 unspecified atom stereocenters. The van der Waals surface area contributed by atoms with E-state index >= 15 is 0 Å². The molecule has 1 saturated heterocycles. The van der Waals surface area contributed by atoms with E-state index in [0.717, 1.165) is 16.0 Å². The van der Waals surface area contributed by atoms with Gasteiger partial charge in [-0.15, -0.1) is 0 Å². The molecule has 0 bridgehead atoms. The van der Waals surface area contributed by atoms with Crippen LogP contribution in [0.1, 0.15) is 11.9 Å². The Balaban J connectivity index is 2.00. The minimum atomic E-state index is -1.11. The lowest BCUT2D eigenvalue weighted by molar-refractivity contribution is -0.0506. The molecule has 1 aliphatic rings. The van der Waals surface area contributed by atoms with Gasteiger partial charge in [0, 0.05) is 0 Å². The van der Waals surface area contributed by atoms with Gasteiger partial charge < -0.3 is 20.1 Å². The lowest BCUT2D eigenvalue weighted by atomic mass is 10.1. The van der Waals surface area contributed by atoms with Crippen molar-refractivity contribution in [2.75, 3.05) is 6.61 Å². The Labute approximate surface area is 106 Å². The number of fused-ring (bicyclic) bond motifs is 1. The molecule has 3 rings (SSSR count). The molecule has 8 heteroatoms. The van der Waals surface area contributed by atoms with Gasteiger partial charge in [0.2, 0.25) is 0 Å². The SMILES string of the molecule is Cc1nsc2c1ncn2[C@@H]1O[C@H](CO)[C@@H](O)[C@H]1O. The topological polar surface area (TPSA) is 101 Å². The molecule has 7 nitrogen and oxygen atoms in total. The van der Waals surface area contributed by atoms with Crippen LogP contribution in [0.4, 0.5) is 0 Å². The first-order valence-corrected chi connectivity index (χ1v) is 6.32. The summed E-state index contributed by atoms with van der Waals surface area (Å²) in [5.41, 5.74) is 1.58. The molecule has 2 aromatic rings. The molecule has 4 atom stereocenters. The van der Waals surface area contributed by atoms with Crippen molar-refractivity contribution in [3.63, 3.8) is 0 Å². The Morgan fingerprint density at radius 2 is 2.22 bits per heavy atom. The van der Waals surface area contributed by atoms with E-state index in [4.69, 9.17) is 9.84 Å². The van der Waals surface area contributed by atoms with E-state index in [-0.39, 0.29) is 6.61 Å². The maximum atomic E-state index is 9.95. The van der Waals surface area contributed by atoms with Crippen molar-refractivity contribution in [3.05, 3.63) is 12.0 Å². The van der Waals surface area contributed by atoms with E-state index in [1.54, 1.807) is 10.9 Å². The highest BCUT2D eigenvalue weighted by Crippen LogP contribution is 2.33. The van der Waals surface area contributed by atoms with Crippen LogP contribution in [0.15, 0.2) is 6.33 Å². The number of hydrogen-bond donors (Lipinski definition) is 3. The van der Waals surface area contributed by atoms with E-state index in [0.29, 0.717) is 0 Å². The van der Waals surface area contributed by atoms with Crippen LogP contribution in [-0.2, 0) is 4.74 Å². The molecule has 1 fully saturated rings. The summed E-state index contributed by atoms with van der Waals surface area (Å²) in [5.74, 6) is 0. The smallest absolute Gasteiger partial charge is 0.165 e. The van der Waals surface area contributed by atoms with Gasteiger partial charge in [0.05, 0.1) is 18.6 Å². The highest BCUT2D eigenvalue weighted by atomic mass is 32.1. The van der Waals surface area contributed by atoms with Gasteiger partial charge in [0.15, 0.2) is 6.23 Å². The molecule has 98 valence electrons. The van der Waals surface area contributed by atoms with Gasteiger partial charge in [-0.2, -0.15) is 4.37 Å². The van der Waals surface area contributed by atoms with Crippen molar-refractivity contribution in [1.29, 1.82) is 0 Å². The molecule has 0 amide bonds. The maximum Gasteiger partial charge on any atom is 0.165 e. The van der Waals surface area contributed by atoms with Gasteiger partial charge in [-0.3, -0.25) is 4.57 Å². The average Bonchev–Trinajstić information content (AvgIpc) is 3.00. The quantitative estimate of drug-likeness (QED) is 0.675. The minimum absolute atomic E-state index is 0.339. The molecule has 0 aromatic carbocycles. The summed E-state index contributed by atoms with van der Waals surface area (Å²) in [6.45, 7) is 1.52. The standard InChI is InChI=1S/C10H13N3O4S/c1-4-6-10(18-12-4)13(3-11-6)9-8(16)7(15)5(2-14)17-9/h3,5,7-9,14-16H,2H2,1H3/t5-,7-,8-,9-/m1/s1. The van der Waals surface area contributed by atoms with Crippen LogP contribution in [0.2, 0.25) is 0 Å². The summed E-state index contributed by atoms with van der Waals surface area (Å²) >= 11 is 1.26. The van der Waals surface area contributed by atoms with Crippen molar-refractivity contribution in [2.24, 2.45) is 0 Å². The monoisotopic (exact) mass is 271 g/mol. The lowest BCUT2D eigenvalue weighted by Gasteiger charge is -2.15. The zero-order valence-electron chi connectivity index (χ0n) is 9.59. The fraction of sp³-hybridized carbons (Fsp3) is 0.600. The molecule has 3 heterocycles. The zero-order chi connectivity index (χ0) is 12.9. The third-order valence-corrected chi connectivity index (χ3v) is 4.09. The molecular weight excluding hydrogens is 258 g/mol. The van der Waals surface area contributed by atoms with Gasteiger partial charge >= 0.3 is 0 Å². The number of imidazole rings is 1. The highest BCUT2D eigenvalue weighted by molar-refractivity contribution is 7.12. The number of ether oxygens (including phenoxy) is 1.